The Morgan fingerprint density at radius 2 is 1.90 bits per heavy atom. The largest absolute Gasteiger partial charge is 0.450 e. The Bertz CT molecular complexity index is 803. The quantitative estimate of drug-likeness (QED) is 0.779. The molecule has 0 bridgehead atoms. The number of hydrogen-bond donors (Lipinski definition) is 2. The van der Waals surface area contributed by atoms with Gasteiger partial charge in [-0.15, -0.1) is 0 Å². The van der Waals surface area contributed by atoms with Gasteiger partial charge in [0.2, 0.25) is 0 Å². The molecule has 1 atom stereocenters. The number of amides is 2. The topological polar surface area (TPSA) is 83.6 Å². The van der Waals surface area contributed by atoms with E-state index in [9.17, 15) is 9.59 Å². The van der Waals surface area contributed by atoms with Gasteiger partial charge < -0.3 is 20.3 Å². The maximum atomic E-state index is 12.5. The fourth-order valence-corrected chi connectivity index (χ4v) is 3.35. The van der Waals surface area contributed by atoms with Gasteiger partial charge in [0.25, 0.3) is 5.91 Å². The van der Waals surface area contributed by atoms with Gasteiger partial charge in [-0.1, -0.05) is 30.3 Å². The average Bonchev–Trinajstić information content (AvgIpc) is 2.75. The molecule has 154 valence electrons. The lowest BCUT2D eigenvalue weighted by molar-refractivity contribution is 0.0860. The van der Waals surface area contributed by atoms with Crippen LogP contribution >= 0.6 is 0 Å². The second kappa shape index (κ2) is 9.91. The van der Waals surface area contributed by atoms with Crippen molar-refractivity contribution in [1.82, 2.24) is 15.2 Å². The predicted octanol–water partition coefficient (Wildman–Crippen LogP) is 3.61. The summed E-state index contributed by atoms with van der Waals surface area (Å²) in [7, 11) is 0. The highest BCUT2D eigenvalue weighted by Gasteiger charge is 2.24. The Hall–Kier alpha value is -3.09. The van der Waals surface area contributed by atoms with Crippen LogP contribution in [0.25, 0.3) is 0 Å². The number of likely N-dealkylation sites (tertiary alicyclic amines) is 1. The molecule has 2 N–H and O–H groups in total. The minimum atomic E-state index is -0.283. The number of ether oxygens (including phenoxy) is 1. The molecule has 1 aliphatic heterocycles. The molecule has 7 heteroatoms. The Balaban J connectivity index is 1.49. The van der Waals surface area contributed by atoms with E-state index in [1.807, 2.05) is 24.3 Å². The van der Waals surface area contributed by atoms with Gasteiger partial charge in [0.1, 0.15) is 5.82 Å². The van der Waals surface area contributed by atoms with E-state index in [-0.39, 0.29) is 24.1 Å². The van der Waals surface area contributed by atoms with Crippen LogP contribution in [0.1, 0.15) is 48.7 Å². The molecule has 0 spiro atoms. The van der Waals surface area contributed by atoms with Crippen molar-refractivity contribution in [1.29, 1.82) is 0 Å². The van der Waals surface area contributed by atoms with Gasteiger partial charge in [-0.25, -0.2) is 9.78 Å². The zero-order valence-corrected chi connectivity index (χ0v) is 16.9. The third-order valence-corrected chi connectivity index (χ3v) is 5.05. The number of hydrogen-bond acceptors (Lipinski definition) is 5. The monoisotopic (exact) mass is 396 g/mol. The molecule has 2 amide bonds. The molecule has 1 aromatic heterocycles. The SMILES string of the molecule is CCOC(=O)N1CCC(NC(=O)c2ccc(NC(C)c3ccccc3)nc2)CC1. The van der Waals surface area contributed by atoms with Gasteiger partial charge in [-0.05, 0) is 44.4 Å². The first-order valence-corrected chi connectivity index (χ1v) is 10.1. The van der Waals surface area contributed by atoms with Gasteiger partial charge >= 0.3 is 6.09 Å². The van der Waals surface area contributed by atoms with Gasteiger partial charge in [0.05, 0.1) is 12.2 Å². The maximum absolute atomic E-state index is 12.5. The van der Waals surface area contributed by atoms with Crippen LogP contribution in [-0.2, 0) is 4.74 Å². The molecular weight excluding hydrogens is 368 g/mol. The Kier molecular flexibility index (Phi) is 7.05. The lowest BCUT2D eigenvalue weighted by atomic mass is 10.0. The minimum Gasteiger partial charge on any atom is -0.450 e. The highest BCUT2D eigenvalue weighted by molar-refractivity contribution is 5.94. The summed E-state index contributed by atoms with van der Waals surface area (Å²) in [6.07, 6.45) is 2.73. The summed E-state index contributed by atoms with van der Waals surface area (Å²) in [4.78, 5) is 30.3. The number of anilines is 1. The summed E-state index contributed by atoms with van der Waals surface area (Å²) in [5, 5.41) is 6.37. The third-order valence-electron chi connectivity index (χ3n) is 5.05. The third kappa shape index (κ3) is 5.70. The van der Waals surface area contributed by atoms with Crippen LogP contribution in [0.3, 0.4) is 0 Å². The molecule has 0 saturated carbocycles. The zero-order chi connectivity index (χ0) is 20.6. The summed E-state index contributed by atoms with van der Waals surface area (Å²) in [5.74, 6) is 0.579. The smallest absolute Gasteiger partial charge is 0.409 e. The van der Waals surface area contributed by atoms with Crippen LogP contribution in [0.15, 0.2) is 48.7 Å². The Labute approximate surface area is 171 Å². The summed E-state index contributed by atoms with van der Waals surface area (Å²) < 4.78 is 5.02. The maximum Gasteiger partial charge on any atom is 0.409 e. The Morgan fingerprint density at radius 1 is 1.17 bits per heavy atom. The van der Waals surface area contributed by atoms with Crippen LogP contribution in [0.5, 0.6) is 0 Å². The molecule has 1 fully saturated rings. The highest BCUT2D eigenvalue weighted by atomic mass is 16.6. The summed E-state index contributed by atoms with van der Waals surface area (Å²) in [6.45, 7) is 5.41. The van der Waals surface area contributed by atoms with E-state index in [1.54, 1.807) is 24.1 Å². The minimum absolute atomic E-state index is 0.0454. The fourth-order valence-electron chi connectivity index (χ4n) is 3.35. The second-order valence-corrected chi connectivity index (χ2v) is 7.14. The summed E-state index contributed by atoms with van der Waals surface area (Å²) in [5.41, 5.74) is 1.70. The van der Waals surface area contributed by atoms with Crippen molar-refractivity contribution in [3.8, 4) is 0 Å². The van der Waals surface area contributed by atoms with Crippen LogP contribution < -0.4 is 10.6 Å². The number of nitrogens with one attached hydrogen (secondary N) is 2. The highest BCUT2D eigenvalue weighted by Crippen LogP contribution is 2.18. The summed E-state index contributed by atoms with van der Waals surface area (Å²) in [6, 6.07) is 13.9. The number of nitrogens with zero attached hydrogens (tertiary/aromatic N) is 2. The van der Waals surface area contributed by atoms with Gasteiger partial charge in [0.15, 0.2) is 0 Å². The average molecular weight is 396 g/mol. The number of carbonyl (C=O) groups is 2. The number of benzene rings is 1. The molecule has 3 rings (SSSR count). The van der Waals surface area contributed by atoms with Crippen molar-refractivity contribution in [3.05, 3.63) is 59.8 Å². The number of carbonyl (C=O) groups excluding carboxylic acids is 2. The molecule has 1 aromatic carbocycles. The molecule has 7 nitrogen and oxygen atoms in total. The van der Waals surface area contributed by atoms with Crippen molar-refractivity contribution in [2.75, 3.05) is 25.0 Å². The van der Waals surface area contributed by atoms with E-state index in [0.29, 0.717) is 38.1 Å². The van der Waals surface area contributed by atoms with Crippen LogP contribution in [0, 0.1) is 0 Å². The molecule has 1 unspecified atom stereocenters. The first kappa shape index (κ1) is 20.6. The molecule has 29 heavy (non-hydrogen) atoms. The lowest BCUT2D eigenvalue weighted by Crippen LogP contribution is -2.46. The van der Waals surface area contributed by atoms with Crippen molar-refractivity contribution in [3.63, 3.8) is 0 Å². The molecule has 1 aliphatic rings. The number of piperidine rings is 1. The van der Waals surface area contributed by atoms with Crippen molar-refractivity contribution < 1.29 is 14.3 Å². The number of rotatable bonds is 6. The van der Waals surface area contributed by atoms with Gasteiger partial charge in [0, 0.05) is 31.4 Å². The molecule has 1 saturated heterocycles. The van der Waals surface area contributed by atoms with E-state index in [2.05, 4.69) is 34.7 Å². The first-order chi connectivity index (χ1) is 14.1. The normalized spacial score (nSPS) is 15.4. The van der Waals surface area contributed by atoms with Crippen LogP contribution in [0.4, 0.5) is 10.6 Å². The van der Waals surface area contributed by atoms with Gasteiger partial charge in [-0.2, -0.15) is 0 Å². The number of pyridine rings is 1. The number of aromatic nitrogens is 1. The van der Waals surface area contributed by atoms with Crippen LogP contribution in [-0.4, -0.2) is 47.6 Å². The van der Waals surface area contributed by atoms with E-state index in [0.717, 1.165) is 5.82 Å². The van der Waals surface area contributed by atoms with Crippen molar-refractivity contribution >= 4 is 17.8 Å². The summed E-state index contributed by atoms with van der Waals surface area (Å²) >= 11 is 0. The van der Waals surface area contributed by atoms with E-state index in [1.165, 1.54) is 5.56 Å². The predicted molar refractivity (Wildman–Crippen MR) is 112 cm³/mol. The second-order valence-electron chi connectivity index (χ2n) is 7.14. The molecular formula is C22H28N4O3. The van der Waals surface area contributed by atoms with E-state index in [4.69, 9.17) is 4.74 Å². The Morgan fingerprint density at radius 3 is 2.52 bits per heavy atom. The fraction of sp³-hybridized carbons (Fsp3) is 0.409. The lowest BCUT2D eigenvalue weighted by Gasteiger charge is -2.31. The van der Waals surface area contributed by atoms with Crippen molar-refractivity contribution in [2.24, 2.45) is 0 Å². The van der Waals surface area contributed by atoms with E-state index < -0.39 is 0 Å². The molecule has 2 heterocycles. The molecule has 2 aromatic rings. The standard InChI is InChI=1S/C22H28N4O3/c1-3-29-22(28)26-13-11-19(12-14-26)25-21(27)18-9-10-20(23-15-18)24-16(2)17-7-5-4-6-8-17/h4-10,15-16,19H,3,11-14H2,1-2H3,(H,23,24)(H,25,27). The first-order valence-electron chi connectivity index (χ1n) is 10.1. The molecule has 0 radical (unpaired) electrons. The van der Waals surface area contributed by atoms with Crippen LogP contribution in [0.2, 0.25) is 0 Å². The van der Waals surface area contributed by atoms with E-state index >= 15 is 0 Å². The van der Waals surface area contributed by atoms with Gasteiger partial charge in [-0.3, -0.25) is 4.79 Å². The molecule has 0 aliphatic carbocycles. The zero-order valence-electron chi connectivity index (χ0n) is 16.9. The van der Waals surface area contributed by atoms with Crippen molar-refractivity contribution in [2.45, 2.75) is 38.8 Å².